The monoisotopic (exact) mass is 307 g/mol. The van der Waals surface area contributed by atoms with Crippen molar-refractivity contribution in [2.24, 2.45) is 0 Å². The highest BCUT2D eigenvalue weighted by atomic mass is 32.2. The van der Waals surface area contributed by atoms with Gasteiger partial charge >= 0.3 is 5.97 Å². The van der Waals surface area contributed by atoms with Crippen LogP contribution < -0.4 is 0 Å². The maximum atomic E-state index is 10.8. The van der Waals surface area contributed by atoms with Crippen molar-refractivity contribution in [3.63, 3.8) is 0 Å². The number of aromatic nitrogens is 1. The van der Waals surface area contributed by atoms with E-state index in [1.165, 1.54) is 28.0 Å². The van der Waals surface area contributed by atoms with Crippen LogP contribution in [0, 0.1) is 20.8 Å². The molecule has 0 amide bonds. The normalized spacial score (nSPS) is 10.8. The molecule has 20 heavy (non-hydrogen) atoms. The van der Waals surface area contributed by atoms with Crippen molar-refractivity contribution in [1.29, 1.82) is 0 Å². The molecule has 0 aliphatic carbocycles. The molecule has 0 spiro atoms. The highest BCUT2D eigenvalue weighted by Crippen LogP contribution is 2.30. The van der Waals surface area contributed by atoms with Gasteiger partial charge in [-0.25, -0.2) is 4.98 Å². The van der Waals surface area contributed by atoms with Crippen molar-refractivity contribution in [1.82, 2.24) is 4.98 Å². The van der Waals surface area contributed by atoms with Crippen LogP contribution in [0.5, 0.6) is 0 Å². The minimum absolute atomic E-state index is 0.0631. The number of thioether (sulfide) groups is 1. The minimum Gasteiger partial charge on any atom is -0.481 e. The average Bonchev–Trinajstić information content (AvgIpc) is 2.65. The van der Waals surface area contributed by atoms with Gasteiger partial charge < -0.3 is 5.11 Å². The highest BCUT2D eigenvalue weighted by molar-refractivity contribution is 8.00. The van der Waals surface area contributed by atoms with Gasteiger partial charge in [-0.15, -0.1) is 11.3 Å². The van der Waals surface area contributed by atoms with E-state index in [1.54, 1.807) is 11.8 Å². The predicted octanol–water partition coefficient (Wildman–Crippen LogP) is 3.99. The van der Waals surface area contributed by atoms with Gasteiger partial charge in [0, 0.05) is 10.6 Å². The summed E-state index contributed by atoms with van der Waals surface area (Å²) in [6.45, 7) is 6.06. The van der Waals surface area contributed by atoms with Crippen LogP contribution in [-0.2, 0) is 17.0 Å². The molecule has 0 atom stereocenters. The maximum Gasteiger partial charge on any atom is 0.308 e. The Bertz CT molecular complexity index is 615. The molecule has 1 N–H and O–H groups in total. The molecule has 3 nitrogen and oxygen atoms in total. The number of hydrogen-bond acceptors (Lipinski definition) is 4. The molecule has 1 aromatic heterocycles. The number of carboxylic acid groups (broad SMARTS) is 1. The Morgan fingerprint density at radius 2 is 1.90 bits per heavy atom. The number of thiazole rings is 1. The molecule has 5 heteroatoms. The first-order valence-electron chi connectivity index (χ1n) is 6.32. The summed E-state index contributed by atoms with van der Waals surface area (Å²) in [5, 5.41) is 8.84. The third-order valence-corrected chi connectivity index (χ3v) is 5.20. The Morgan fingerprint density at radius 1 is 1.25 bits per heavy atom. The lowest BCUT2D eigenvalue weighted by molar-refractivity contribution is -0.136. The number of aliphatic carboxylic acids is 1. The number of aryl methyl sites for hydroxylation is 3. The third-order valence-electron chi connectivity index (χ3n) is 2.83. The molecular weight excluding hydrogens is 290 g/mol. The van der Waals surface area contributed by atoms with Crippen molar-refractivity contribution in [3.8, 4) is 0 Å². The summed E-state index contributed by atoms with van der Waals surface area (Å²) in [4.78, 5) is 16.0. The Morgan fingerprint density at radius 3 is 2.50 bits per heavy atom. The highest BCUT2D eigenvalue weighted by Gasteiger charge is 2.11. The minimum atomic E-state index is -0.803. The zero-order chi connectivity index (χ0) is 14.7. The molecule has 0 saturated heterocycles. The Hall–Kier alpha value is -1.33. The first-order chi connectivity index (χ1) is 9.44. The summed E-state index contributed by atoms with van der Waals surface area (Å²) < 4.78 is 0.943. The van der Waals surface area contributed by atoms with Crippen molar-refractivity contribution >= 4 is 29.1 Å². The lowest BCUT2D eigenvalue weighted by Gasteiger charge is -2.03. The van der Waals surface area contributed by atoms with Crippen LogP contribution in [0.15, 0.2) is 22.5 Å². The van der Waals surface area contributed by atoms with Crippen LogP contribution in [0.1, 0.15) is 27.3 Å². The Labute approximate surface area is 127 Å². The van der Waals surface area contributed by atoms with Crippen molar-refractivity contribution in [3.05, 3.63) is 45.5 Å². The van der Waals surface area contributed by atoms with Gasteiger partial charge in [-0.3, -0.25) is 4.79 Å². The predicted molar refractivity (Wildman–Crippen MR) is 83.7 cm³/mol. The van der Waals surface area contributed by atoms with Gasteiger partial charge in [-0.05, 0) is 26.3 Å². The number of hydrogen-bond donors (Lipinski definition) is 1. The molecule has 0 unspecified atom stereocenters. The molecule has 1 heterocycles. The van der Waals surface area contributed by atoms with Gasteiger partial charge in [0.05, 0.1) is 12.1 Å². The standard InChI is InChI=1S/C15H17NO2S2/c1-9-4-10(2)6-12(5-9)8-19-15-16-11(3)13(20-15)7-14(17)18/h4-6H,7-8H2,1-3H3,(H,17,18). The van der Waals surface area contributed by atoms with Gasteiger partial charge in [0.2, 0.25) is 0 Å². The fraction of sp³-hybridized carbons (Fsp3) is 0.333. The maximum absolute atomic E-state index is 10.8. The first kappa shape index (κ1) is 15.1. The summed E-state index contributed by atoms with van der Waals surface area (Å²) in [6, 6.07) is 6.52. The Kier molecular flexibility index (Phi) is 4.83. The molecule has 0 fully saturated rings. The topological polar surface area (TPSA) is 50.2 Å². The molecule has 0 radical (unpaired) electrons. The van der Waals surface area contributed by atoms with Gasteiger partial charge in [0.15, 0.2) is 4.34 Å². The van der Waals surface area contributed by atoms with Gasteiger partial charge in [0.25, 0.3) is 0 Å². The number of carboxylic acids is 1. The fourth-order valence-electron chi connectivity index (χ4n) is 2.06. The van der Waals surface area contributed by atoms with Crippen LogP contribution in [-0.4, -0.2) is 16.1 Å². The van der Waals surface area contributed by atoms with Gasteiger partial charge in [-0.1, -0.05) is 41.1 Å². The second-order valence-corrected chi connectivity index (χ2v) is 7.15. The summed E-state index contributed by atoms with van der Waals surface area (Å²) in [6.07, 6.45) is 0.0631. The van der Waals surface area contributed by atoms with E-state index in [4.69, 9.17) is 5.11 Å². The van der Waals surface area contributed by atoms with Crippen LogP contribution in [0.3, 0.4) is 0 Å². The van der Waals surface area contributed by atoms with Gasteiger partial charge in [-0.2, -0.15) is 0 Å². The fourth-order valence-corrected chi connectivity index (χ4v) is 4.22. The zero-order valence-corrected chi connectivity index (χ0v) is 13.4. The second kappa shape index (κ2) is 6.41. The largest absolute Gasteiger partial charge is 0.481 e. The molecule has 106 valence electrons. The van der Waals surface area contributed by atoms with Crippen LogP contribution in [0.4, 0.5) is 0 Å². The SMILES string of the molecule is Cc1cc(C)cc(CSc2nc(C)c(CC(=O)O)s2)c1. The molecule has 1 aromatic carbocycles. The first-order valence-corrected chi connectivity index (χ1v) is 8.12. The second-order valence-electron chi connectivity index (χ2n) is 4.84. The van der Waals surface area contributed by atoms with Crippen molar-refractivity contribution in [2.45, 2.75) is 37.3 Å². The zero-order valence-electron chi connectivity index (χ0n) is 11.8. The summed E-state index contributed by atoms with van der Waals surface area (Å²) >= 11 is 3.15. The van der Waals surface area contributed by atoms with E-state index in [9.17, 15) is 4.79 Å². The number of benzene rings is 1. The molecule has 0 aliphatic heterocycles. The molecule has 0 aliphatic rings. The third kappa shape index (κ3) is 4.08. The van der Waals surface area contributed by atoms with Gasteiger partial charge in [0.1, 0.15) is 0 Å². The lowest BCUT2D eigenvalue weighted by Crippen LogP contribution is -1.99. The van der Waals surface area contributed by atoms with E-state index in [2.05, 4.69) is 37.0 Å². The van der Waals surface area contributed by atoms with Crippen LogP contribution in [0.2, 0.25) is 0 Å². The smallest absolute Gasteiger partial charge is 0.308 e. The Balaban J connectivity index is 2.05. The number of nitrogens with zero attached hydrogens (tertiary/aromatic N) is 1. The lowest BCUT2D eigenvalue weighted by atomic mass is 10.1. The molecule has 0 bridgehead atoms. The molecule has 2 rings (SSSR count). The van der Waals surface area contributed by atoms with E-state index < -0.39 is 5.97 Å². The molecular formula is C15H17NO2S2. The van der Waals surface area contributed by atoms with Crippen molar-refractivity contribution < 1.29 is 9.90 Å². The van der Waals surface area contributed by atoms with Crippen LogP contribution >= 0.6 is 23.1 Å². The van der Waals surface area contributed by atoms with E-state index in [-0.39, 0.29) is 6.42 Å². The summed E-state index contributed by atoms with van der Waals surface area (Å²) in [7, 11) is 0. The summed E-state index contributed by atoms with van der Waals surface area (Å²) in [5.41, 5.74) is 4.64. The number of rotatable bonds is 5. The van der Waals surface area contributed by atoms with E-state index in [0.717, 1.165) is 20.7 Å². The molecule has 2 aromatic rings. The van der Waals surface area contributed by atoms with E-state index >= 15 is 0 Å². The average molecular weight is 307 g/mol. The van der Waals surface area contributed by atoms with E-state index in [0.29, 0.717) is 0 Å². The van der Waals surface area contributed by atoms with Crippen LogP contribution in [0.25, 0.3) is 0 Å². The van der Waals surface area contributed by atoms with Crippen molar-refractivity contribution in [2.75, 3.05) is 0 Å². The molecule has 0 saturated carbocycles. The van der Waals surface area contributed by atoms with E-state index in [1.807, 2.05) is 6.92 Å². The quantitative estimate of drug-likeness (QED) is 0.849. The summed E-state index contributed by atoms with van der Waals surface area (Å²) in [5.74, 6) is 0.0599. The number of carbonyl (C=O) groups is 1.